The van der Waals surface area contributed by atoms with Crippen LogP contribution in [0.1, 0.15) is 115 Å². The summed E-state index contributed by atoms with van der Waals surface area (Å²) in [5.41, 5.74) is 0.941. The predicted molar refractivity (Wildman–Crippen MR) is 178 cm³/mol. The lowest BCUT2D eigenvalue weighted by molar-refractivity contribution is -0.145. The molecule has 0 radical (unpaired) electrons. The van der Waals surface area contributed by atoms with E-state index in [9.17, 15) is 9.59 Å². The number of carbonyl (C=O) groups excluding carboxylic acids is 2. The number of esters is 1. The van der Waals surface area contributed by atoms with E-state index >= 15 is 0 Å². The van der Waals surface area contributed by atoms with Crippen LogP contribution in [-0.4, -0.2) is 78.1 Å². The van der Waals surface area contributed by atoms with Gasteiger partial charge in [0.25, 0.3) is 0 Å². The van der Waals surface area contributed by atoms with Crippen molar-refractivity contribution in [3.8, 4) is 0 Å². The molecule has 0 unspecified atom stereocenters. The second kappa shape index (κ2) is 33.2. The van der Waals surface area contributed by atoms with Gasteiger partial charge in [-0.3, -0.25) is 4.79 Å². The Morgan fingerprint density at radius 2 is 0.978 bits per heavy atom. The van der Waals surface area contributed by atoms with Crippen LogP contribution in [0.5, 0.6) is 0 Å². The fourth-order valence-corrected chi connectivity index (χ4v) is 4.69. The lowest BCUT2D eigenvalue weighted by Crippen LogP contribution is -2.28. The van der Waals surface area contributed by atoms with Crippen molar-refractivity contribution in [1.29, 1.82) is 0 Å². The number of carbonyl (C=O) groups is 2. The second-order valence-electron chi connectivity index (χ2n) is 11.4. The molecule has 0 aromatic heterocycles. The molecule has 0 atom stereocenters. The molecule has 0 aliphatic rings. The fraction of sp³-hybridized carbons (Fsp3) is 0.778. The molecule has 9 nitrogen and oxygen atoms in total. The van der Waals surface area contributed by atoms with Crippen molar-refractivity contribution in [2.75, 3.05) is 66.0 Å². The summed E-state index contributed by atoms with van der Waals surface area (Å²) in [6.45, 7) is 6.63. The monoisotopic (exact) mass is 637 g/mol. The van der Waals surface area contributed by atoms with Gasteiger partial charge in [0.05, 0.1) is 52.9 Å². The van der Waals surface area contributed by atoms with E-state index in [1.54, 1.807) is 0 Å². The number of alkyl carbamates (subject to hydrolysis) is 1. The number of amides is 1. The molecule has 1 amide bonds. The zero-order valence-electron chi connectivity index (χ0n) is 28.2. The van der Waals surface area contributed by atoms with Crippen molar-refractivity contribution < 1.29 is 38.0 Å². The van der Waals surface area contributed by atoms with Gasteiger partial charge in [0.1, 0.15) is 13.2 Å². The average molecular weight is 638 g/mol. The minimum absolute atomic E-state index is 0.136. The number of unbranched alkanes of at least 4 members (excludes halogenated alkanes) is 14. The van der Waals surface area contributed by atoms with Crippen LogP contribution >= 0.6 is 0 Å². The number of hydrogen-bond donors (Lipinski definition) is 1. The van der Waals surface area contributed by atoms with Crippen LogP contribution in [0.25, 0.3) is 0 Å². The first kappa shape index (κ1) is 40.8. The molecule has 9 heteroatoms. The summed E-state index contributed by atoms with van der Waals surface area (Å²) >= 11 is 0. The van der Waals surface area contributed by atoms with E-state index in [-0.39, 0.29) is 19.2 Å². The van der Waals surface area contributed by atoms with Crippen LogP contribution in [0, 0.1) is 0 Å². The Bertz CT molecular complexity index is 780. The highest BCUT2D eigenvalue weighted by atomic mass is 16.6. The number of rotatable bonds is 33. The van der Waals surface area contributed by atoms with Crippen LogP contribution in [0.15, 0.2) is 30.3 Å². The average Bonchev–Trinajstić information content (AvgIpc) is 3.05. The Hall–Kier alpha value is -2.20. The second-order valence-corrected chi connectivity index (χ2v) is 11.4. The first-order valence-electron chi connectivity index (χ1n) is 17.6. The van der Waals surface area contributed by atoms with E-state index in [4.69, 9.17) is 28.4 Å². The Morgan fingerprint density at radius 1 is 0.533 bits per heavy atom. The molecule has 0 bridgehead atoms. The number of hydrogen-bond acceptors (Lipinski definition) is 8. The molecule has 260 valence electrons. The Balaban J connectivity index is 1.70. The number of ether oxygens (including phenoxy) is 6. The Morgan fingerprint density at radius 3 is 1.49 bits per heavy atom. The van der Waals surface area contributed by atoms with Gasteiger partial charge in [0, 0.05) is 13.0 Å². The smallest absolute Gasteiger partial charge is 0.407 e. The van der Waals surface area contributed by atoms with E-state index in [1.807, 2.05) is 30.3 Å². The van der Waals surface area contributed by atoms with Gasteiger partial charge in [0.15, 0.2) is 0 Å². The van der Waals surface area contributed by atoms with Gasteiger partial charge in [-0.15, -0.1) is 0 Å². The molecular weight excluding hydrogens is 574 g/mol. The summed E-state index contributed by atoms with van der Waals surface area (Å²) in [5.74, 6) is -0.136. The van der Waals surface area contributed by atoms with E-state index in [0.717, 1.165) is 18.4 Å². The van der Waals surface area contributed by atoms with Crippen molar-refractivity contribution in [1.82, 2.24) is 5.32 Å². The third-order valence-electron chi connectivity index (χ3n) is 7.32. The van der Waals surface area contributed by atoms with Crippen LogP contribution in [0.4, 0.5) is 4.79 Å². The highest BCUT2D eigenvalue weighted by Gasteiger charge is 2.04. The lowest BCUT2D eigenvalue weighted by Gasteiger charge is -2.09. The maximum atomic E-state index is 11.9. The summed E-state index contributed by atoms with van der Waals surface area (Å²) in [6, 6.07) is 9.52. The van der Waals surface area contributed by atoms with Gasteiger partial charge in [-0.25, -0.2) is 4.79 Å². The summed E-state index contributed by atoms with van der Waals surface area (Å²) < 4.78 is 32.2. The van der Waals surface area contributed by atoms with Gasteiger partial charge in [-0.1, -0.05) is 127 Å². The van der Waals surface area contributed by atoms with Gasteiger partial charge >= 0.3 is 12.1 Å². The molecule has 1 N–H and O–H groups in total. The van der Waals surface area contributed by atoms with Crippen molar-refractivity contribution in [2.45, 2.75) is 116 Å². The highest BCUT2D eigenvalue weighted by molar-refractivity contribution is 5.69. The van der Waals surface area contributed by atoms with Gasteiger partial charge in [-0.2, -0.15) is 0 Å². The van der Waals surface area contributed by atoms with E-state index in [1.165, 1.54) is 83.5 Å². The maximum absolute atomic E-state index is 11.9. The van der Waals surface area contributed by atoms with E-state index < -0.39 is 6.09 Å². The molecule has 1 aromatic carbocycles. The third-order valence-corrected chi connectivity index (χ3v) is 7.32. The topological polar surface area (TPSA) is 102 Å². The van der Waals surface area contributed by atoms with Gasteiger partial charge in [0.2, 0.25) is 0 Å². The summed E-state index contributed by atoms with van der Waals surface area (Å²) in [4.78, 5) is 23.5. The van der Waals surface area contributed by atoms with Gasteiger partial charge in [-0.05, 0) is 12.0 Å². The highest BCUT2D eigenvalue weighted by Crippen LogP contribution is 2.14. The summed E-state index contributed by atoms with van der Waals surface area (Å²) in [6.07, 6.45) is 19.7. The molecule has 1 rings (SSSR count). The molecule has 0 aliphatic heterocycles. The van der Waals surface area contributed by atoms with Crippen LogP contribution < -0.4 is 5.32 Å². The van der Waals surface area contributed by atoms with Crippen LogP contribution in [-0.2, 0) is 39.8 Å². The molecule has 0 fully saturated rings. The number of nitrogens with one attached hydrogen (secondary N) is 1. The maximum Gasteiger partial charge on any atom is 0.407 e. The first-order chi connectivity index (χ1) is 22.2. The van der Waals surface area contributed by atoms with Crippen molar-refractivity contribution in [2.24, 2.45) is 0 Å². The lowest BCUT2D eigenvalue weighted by atomic mass is 10.0. The SMILES string of the molecule is CCCCCCCCCCCCCCCCCC(=O)OCCOCCOCCOCCOCCNC(=O)OCc1ccccc1. The largest absolute Gasteiger partial charge is 0.463 e. The van der Waals surface area contributed by atoms with Crippen LogP contribution in [0.3, 0.4) is 0 Å². The molecule has 0 saturated carbocycles. The Kier molecular flexibility index (Phi) is 30.1. The predicted octanol–water partition coefficient (Wildman–Crippen LogP) is 7.78. The minimum atomic E-state index is -0.466. The fourth-order valence-electron chi connectivity index (χ4n) is 4.69. The Labute approximate surface area is 273 Å². The van der Waals surface area contributed by atoms with E-state index in [0.29, 0.717) is 65.8 Å². The zero-order chi connectivity index (χ0) is 32.3. The quantitative estimate of drug-likeness (QED) is 0.0616. The normalized spacial score (nSPS) is 11.0. The third kappa shape index (κ3) is 30.2. The molecule has 0 spiro atoms. The molecular formula is C36H63NO8. The molecule has 45 heavy (non-hydrogen) atoms. The van der Waals surface area contributed by atoms with Crippen molar-refractivity contribution >= 4 is 12.1 Å². The molecule has 0 aliphatic carbocycles. The molecule has 0 heterocycles. The summed E-state index contributed by atoms with van der Waals surface area (Å²) in [7, 11) is 0. The van der Waals surface area contributed by atoms with Crippen LogP contribution in [0.2, 0.25) is 0 Å². The number of benzene rings is 1. The van der Waals surface area contributed by atoms with E-state index in [2.05, 4.69) is 12.2 Å². The standard InChI is InChI=1S/C36H63NO8/c1-2-3-4-5-6-7-8-9-10-11-12-13-14-15-19-22-35(38)44-32-31-43-30-29-42-28-27-41-26-25-40-24-23-37-36(39)45-33-34-20-17-16-18-21-34/h16-18,20-21H,2-15,19,22-33H2,1H3,(H,37,39). The van der Waals surface area contributed by atoms with Crippen molar-refractivity contribution in [3.05, 3.63) is 35.9 Å². The molecule has 0 saturated heterocycles. The minimum Gasteiger partial charge on any atom is -0.463 e. The van der Waals surface area contributed by atoms with Gasteiger partial charge < -0.3 is 33.7 Å². The van der Waals surface area contributed by atoms with Crippen molar-refractivity contribution in [3.63, 3.8) is 0 Å². The summed E-state index contributed by atoms with van der Waals surface area (Å²) in [5, 5.41) is 2.64. The zero-order valence-corrected chi connectivity index (χ0v) is 28.2. The molecule has 1 aromatic rings. The first-order valence-corrected chi connectivity index (χ1v) is 17.6.